The molecule has 0 bridgehead atoms. The molecule has 0 aromatic carbocycles. The highest BCUT2D eigenvalue weighted by Crippen LogP contribution is 2.29. The van der Waals surface area contributed by atoms with E-state index in [9.17, 15) is 8.42 Å². The molecule has 1 heterocycles. The second-order valence-electron chi connectivity index (χ2n) is 5.43. The number of aliphatic imine (C=N–C) groups is 1. The highest BCUT2D eigenvalue weighted by atomic mass is 127. The van der Waals surface area contributed by atoms with Crippen LogP contribution >= 0.6 is 35.7 Å². The lowest BCUT2D eigenvalue weighted by atomic mass is 10.2. The molecule has 2 N–H and O–H groups in total. The maximum atomic E-state index is 11.0. The van der Waals surface area contributed by atoms with Gasteiger partial charge in [-0.25, -0.2) is 13.1 Å². The monoisotopic (exact) mass is 450 g/mol. The van der Waals surface area contributed by atoms with Crippen molar-refractivity contribution >= 4 is 51.7 Å². The molecule has 0 unspecified atom stereocenters. The van der Waals surface area contributed by atoms with Crippen molar-refractivity contribution in [1.82, 2.24) is 14.9 Å². The fraction of sp³-hybridized carbons (Fsp3) is 0.917. The minimum absolute atomic E-state index is 0. The van der Waals surface area contributed by atoms with E-state index in [-0.39, 0.29) is 28.7 Å². The second-order valence-corrected chi connectivity index (χ2v) is 9.07. The lowest BCUT2D eigenvalue weighted by molar-refractivity contribution is 0.376. The lowest BCUT2D eigenvalue weighted by Crippen LogP contribution is -2.51. The highest BCUT2D eigenvalue weighted by Gasteiger charge is 2.28. The molecule has 21 heavy (non-hydrogen) atoms. The van der Waals surface area contributed by atoms with Gasteiger partial charge < -0.3 is 10.2 Å². The Bertz CT molecular complexity index is 441. The van der Waals surface area contributed by atoms with Crippen molar-refractivity contribution in [3.8, 4) is 0 Å². The van der Waals surface area contributed by atoms with Crippen LogP contribution in [-0.2, 0) is 10.0 Å². The van der Waals surface area contributed by atoms with Crippen molar-refractivity contribution in [2.45, 2.75) is 25.5 Å². The smallest absolute Gasteiger partial charge is 0.208 e. The van der Waals surface area contributed by atoms with E-state index in [0.29, 0.717) is 13.1 Å². The average Bonchev–Trinajstić information content (AvgIpc) is 2.30. The van der Waals surface area contributed by atoms with E-state index in [1.54, 1.807) is 0 Å². The number of rotatable bonds is 5. The predicted octanol–water partition coefficient (Wildman–Crippen LogP) is 0.947. The van der Waals surface area contributed by atoms with Crippen LogP contribution in [0.2, 0.25) is 0 Å². The van der Waals surface area contributed by atoms with Gasteiger partial charge in [-0.3, -0.25) is 4.99 Å². The van der Waals surface area contributed by atoms with Crippen molar-refractivity contribution in [3.63, 3.8) is 0 Å². The van der Waals surface area contributed by atoms with E-state index in [1.807, 2.05) is 18.7 Å². The first-order valence-corrected chi connectivity index (χ1v) is 9.73. The van der Waals surface area contributed by atoms with Gasteiger partial charge in [0.25, 0.3) is 0 Å². The summed E-state index contributed by atoms with van der Waals surface area (Å²) in [5, 5.41) is 3.28. The first kappa shape index (κ1) is 21.3. The van der Waals surface area contributed by atoms with Gasteiger partial charge in [-0.15, -0.1) is 24.0 Å². The van der Waals surface area contributed by atoms with Crippen LogP contribution < -0.4 is 10.0 Å². The SMILES string of the molecule is CCNC(=NCCNS(C)(=O)=O)N1CCSC(C)(C)C1.I. The second kappa shape index (κ2) is 9.41. The maximum Gasteiger partial charge on any atom is 0.208 e. The fourth-order valence-electron chi connectivity index (χ4n) is 2.02. The topological polar surface area (TPSA) is 73.8 Å². The van der Waals surface area contributed by atoms with E-state index < -0.39 is 10.0 Å². The van der Waals surface area contributed by atoms with Gasteiger partial charge in [0.2, 0.25) is 10.0 Å². The number of sulfonamides is 1. The van der Waals surface area contributed by atoms with Crippen molar-refractivity contribution in [2.24, 2.45) is 4.99 Å². The van der Waals surface area contributed by atoms with Gasteiger partial charge in [0.1, 0.15) is 0 Å². The number of nitrogens with one attached hydrogen (secondary N) is 2. The molecule has 0 radical (unpaired) electrons. The van der Waals surface area contributed by atoms with Gasteiger partial charge in [0, 0.05) is 36.7 Å². The Labute approximate surface area is 150 Å². The Kier molecular flexibility index (Phi) is 9.53. The van der Waals surface area contributed by atoms with Crippen LogP contribution in [0.1, 0.15) is 20.8 Å². The number of hydrogen-bond acceptors (Lipinski definition) is 4. The Balaban J connectivity index is 0.00000400. The Hall–Kier alpha value is 0.260. The Morgan fingerprint density at radius 3 is 2.62 bits per heavy atom. The van der Waals surface area contributed by atoms with Crippen LogP contribution in [0.25, 0.3) is 0 Å². The normalized spacial score (nSPS) is 19.0. The molecule has 1 saturated heterocycles. The molecule has 1 rings (SSSR count). The van der Waals surface area contributed by atoms with Crippen molar-refractivity contribution < 1.29 is 8.42 Å². The molecule has 0 atom stereocenters. The average molecular weight is 450 g/mol. The summed E-state index contributed by atoms with van der Waals surface area (Å²) in [4.78, 5) is 6.75. The summed E-state index contributed by atoms with van der Waals surface area (Å²) in [5.41, 5.74) is 0. The Morgan fingerprint density at radius 2 is 2.10 bits per heavy atom. The molecule has 6 nitrogen and oxygen atoms in total. The Morgan fingerprint density at radius 1 is 1.43 bits per heavy atom. The van der Waals surface area contributed by atoms with Crippen LogP contribution in [0.3, 0.4) is 0 Å². The summed E-state index contributed by atoms with van der Waals surface area (Å²) in [6.07, 6.45) is 1.16. The molecule has 1 aliphatic heterocycles. The summed E-state index contributed by atoms with van der Waals surface area (Å²) in [5.74, 6) is 1.95. The molecule has 0 spiro atoms. The fourth-order valence-corrected chi connectivity index (χ4v) is 3.59. The van der Waals surface area contributed by atoms with Gasteiger partial charge in [-0.2, -0.15) is 11.8 Å². The molecule has 9 heteroatoms. The summed E-state index contributed by atoms with van der Waals surface area (Å²) in [6, 6.07) is 0. The van der Waals surface area contributed by atoms with Crippen LogP contribution in [0.4, 0.5) is 0 Å². The third-order valence-corrected chi connectivity index (χ3v) is 4.82. The quantitative estimate of drug-likeness (QED) is 0.283. The first-order chi connectivity index (χ1) is 9.23. The summed E-state index contributed by atoms with van der Waals surface area (Å²) >= 11 is 1.98. The number of thioether (sulfide) groups is 1. The summed E-state index contributed by atoms with van der Waals surface area (Å²) < 4.78 is 24.7. The van der Waals surface area contributed by atoms with Crippen LogP contribution in [0.15, 0.2) is 4.99 Å². The van der Waals surface area contributed by atoms with E-state index >= 15 is 0 Å². The van der Waals surface area contributed by atoms with Crippen molar-refractivity contribution in [3.05, 3.63) is 0 Å². The van der Waals surface area contributed by atoms with Crippen LogP contribution in [0, 0.1) is 0 Å². The molecular formula is C12H27IN4O2S2. The lowest BCUT2D eigenvalue weighted by Gasteiger charge is -2.39. The molecule has 0 aliphatic carbocycles. The third kappa shape index (κ3) is 9.09. The van der Waals surface area contributed by atoms with E-state index in [2.05, 4.69) is 33.8 Å². The molecule has 0 amide bonds. The molecular weight excluding hydrogens is 423 g/mol. The molecule has 1 aliphatic rings. The zero-order valence-electron chi connectivity index (χ0n) is 13.2. The molecule has 1 fully saturated rings. The predicted molar refractivity (Wildman–Crippen MR) is 102 cm³/mol. The number of halogens is 1. The van der Waals surface area contributed by atoms with E-state index in [4.69, 9.17) is 0 Å². The summed E-state index contributed by atoms with van der Waals surface area (Å²) in [7, 11) is -3.13. The maximum absolute atomic E-state index is 11.0. The summed E-state index contributed by atoms with van der Waals surface area (Å²) in [6.45, 7) is 10.0. The first-order valence-electron chi connectivity index (χ1n) is 6.85. The number of guanidine groups is 1. The zero-order chi connectivity index (χ0) is 15.2. The minimum Gasteiger partial charge on any atom is -0.357 e. The number of nitrogens with zero attached hydrogens (tertiary/aromatic N) is 2. The van der Waals surface area contributed by atoms with Crippen LogP contribution in [-0.4, -0.2) is 68.8 Å². The van der Waals surface area contributed by atoms with Gasteiger partial charge in [0.15, 0.2) is 5.96 Å². The third-order valence-electron chi connectivity index (χ3n) is 2.80. The van der Waals surface area contributed by atoms with Crippen molar-refractivity contribution in [1.29, 1.82) is 0 Å². The molecule has 0 aromatic heterocycles. The standard InChI is InChI=1S/C12H26N4O2S2.HI/c1-5-13-11(14-6-7-15-20(4,17)18)16-8-9-19-12(2,3)10-16;/h15H,5-10H2,1-4H3,(H,13,14);1H. The number of hydrogen-bond donors (Lipinski definition) is 2. The van der Waals surface area contributed by atoms with Crippen LogP contribution in [0.5, 0.6) is 0 Å². The van der Waals surface area contributed by atoms with Crippen molar-refractivity contribution in [2.75, 3.05) is 44.7 Å². The highest BCUT2D eigenvalue weighted by molar-refractivity contribution is 14.0. The van der Waals surface area contributed by atoms with Gasteiger partial charge in [-0.1, -0.05) is 0 Å². The zero-order valence-corrected chi connectivity index (χ0v) is 17.1. The van der Waals surface area contributed by atoms with E-state index in [1.165, 1.54) is 0 Å². The van der Waals surface area contributed by atoms with Gasteiger partial charge in [0.05, 0.1) is 12.8 Å². The largest absolute Gasteiger partial charge is 0.357 e. The van der Waals surface area contributed by atoms with Gasteiger partial charge >= 0.3 is 0 Å². The molecule has 0 saturated carbocycles. The molecule has 0 aromatic rings. The van der Waals surface area contributed by atoms with Gasteiger partial charge in [-0.05, 0) is 20.8 Å². The van der Waals surface area contributed by atoms with E-state index in [0.717, 1.165) is 37.6 Å². The minimum atomic E-state index is -3.13. The molecule has 126 valence electrons.